The summed E-state index contributed by atoms with van der Waals surface area (Å²) in [6.45, 7) is 7.10. The molecule has 2 aromatic rings. The van der Waals surface area contributed by atoms with Crippen LogP contribution in [0.1, 0.15) is 25.1 Å². The first kappa shape index (κ1) is 15.4. The van der Waals surface area contributed by atoms with Crippen LogP contribution in [0, 0.1) is 5.92 Å². The maximum Gasteiger partial charge on any atom is 0.0599 e. The van der Waals surface area contributed by atoms with Gasteiger partial charge in [-0.1, -0.05) is 19.9 Å². The van der Waals surface area contributed by atoms with E-state index in [0.29, 0.717) is 5.92 Å². The molecule has 0 saturated carbocycles. The molecule has 2 rings (SSSR count). The average molecular weight is 284 g/mol. The van der Waals surface area contributed by atoms with Crippen LogP contribution in [0.25, 0.3) is 0 Å². The van der Waals surface area contributed by atoms with Crippen LogP contribution >= 0.6 is 0 Å². The summed E-state index contributed by atoms with van der Waals surface area (Å²) in [5.41, 5.74) is 3.48. The van der Waals surface area contributed by atoms with Crippen LogP contribution in [0.5, 0.6) is 0 Å². The zero-order valence-electron chi connectivity index (χ0n) is 13.1. The van der Waals surface area contributed by atoms with Gasteiger partial charge in [-0.05, 0) is 36.2 Å². The predicted molar refractivity (Wildman–Crippen MR) is 87.1 cm³/mol. The Labute approximate surface area is 127 Å². The van der Waals surface area contributed by atoms with E-state index >= 15 is 0 Å². The lowest BCUT2D eigenvalue weighted by molar-refractivity contribution is 0.552. The van der Waals surface area contributed by atoms with Crippen LogP contribution in [0.4, 0.5) is 5.69 Å². The van der Waals surface area contributed by atoms with Gasteiger partial charge >= 0.3 is 0 Å². The van der Waals surface area contributed by atoms with E-state index in [0.717, 1.165) is 31.0 Å². The molecule has 0 aliphatic heterocycles. The second-order valence-electron chi connectivity index (χ2n) is 5.71. The minimum Gasteiger partial charge on any atom is -0.367 e. The van der Waals surface area contributed by atoms with Gasteiger partial charge in [0.2, 0.25) is 0 Å². The van der Waals surface area contributed by atoms with Gasteiger partial charge in [-0.2, -0.15) is 0 Å². The van der Waals surface area contributed by atoms with E-state index in [4.69, 9.17) is 0 Å². The SMILES string of the molecule is CC(C)CNCc1ccncc1N(C)Cc1ccccn1. The molecule has 0 amide bonds. The summed E-state index contributed by atoms with van der Waals surface area (Å²) in [4.78, 5) is 10.8. The first-order valence-corrected chi connectivity index (χ1v) is 7.41. The van der Waals surface area contributed by atoms with Gasteiger partial charge in [0.05, 0.1) is 24.1 Å². The average Bonchev–Trinajstić information content (AvgIpc) is 2.48. The summed E-state index contributed by atoms with van der Waals surface area (Å²) in [5, 5.41) is 3.49. The molecular weight excluding hydrogens is 260 g/mol. The van der Waals surface area contributed by atoms with E-state index in [-0.39, 0.29) is 0 Å². The second-order valence-corrected chi connectivity index (χ2v) is 5.71. The maximum atomic E-state index is 4.38. The molecule has 4 nitrogen and oxygen atoms in total. The van der Waals surface area contributed by atoms with E-state index in [9.17, 15) is 0 Å². The Morgan fingerprint density at radius 1 is 1.19 bits per heavy atom. The van der Waals surface area contributed by atoms with Gasteiger partial charge in [0.15, 0.2) is 0 Å². The number of hydrogen-bond acceptors (Lipinski definition) is 4. The summed E-state index contributed by atoms with van der Waals surface area (Å²) in [5.74, 6) is 0.654. The summed E-state index contributed by atoms with van der Waals surface area (Å²) in [7, 11) is 2.08. The highest BCUT2D eigenvalue weighted by atomic mass is 15.1. The van der Waals surface area contributed by atoms with Gasteiger partial charge in [0, 0.05) is 26.0 Å². The minimum atomic E-state index is 0.654. The third-order valence-corrected chi connectivity index (χ3v) is 3.29. The van der Waals surface area contributed by atoms with Gasteiger partial charge in [0.1, 0.15) is 0 Å². The molecule has 2 aromatic heterocycles. The van der Waals surface area contributed by atoms with Crippen molar-refractivity contribution in [2.75, 3.05) is 18.5 Å². The molecule has 0 bridgehead atoms. The van der Waals surface area contributed by atoms with Crippen molar-refractivity contribution in [3.8, 4) is 0 Å². The Hall–Kier alpha value is -1.94. The number of hydrogen-bond donors (Lipinski definition) is 1. The topological polar surface area (TPSA) is 41.1 Å². The van der Waals surface area contributed by atoms with Crippen molar-refractivity contribution in [2.45, 2.75) is 26.9 Å². The van der Waals surface area contributed by atoms with Gasteiger partial charge in [-0.25, -0.2) is 0 Å². The van der Waals surface area contributed by atoms with Crippen molar-refractivity contribution in [2.24, 2.45) is 5.92 Å². The molecule has 1 N–H and O–H groups in total. The first-order valence-electron chi connectivity index (χ1n) is 7.41. The maximum absolute atomic E-state index is 4.38. The molecule has 0 fully saturated rings. The molecule has 112 valence electrons. The molecule has 2 heterocycles. The van der Waals surface area contributed by atoms with Gasteiger partial charge < -0.3 is 10.2 Å². The summed E-state index contributed by atoms with van der Waals surface area (Å²) >= 11 is 0. The fourth-order valence-corrected chi connectivity index (χ4v) is 2.22. The van der Waals surface area contributed by atoms with Crippen molar-refractivity contribution in [3.05, 3.63) is 54.1 Å². The lowest BCUT2D eigenvalue weighted by Gasteiger charge is -2.22. The van der Waals surface area contributed by atoms with Crippen molar-refractivity contribution in [3.63, 3.8) is 0 Å². The van der Waals surface area contributed by atoms with Gasteiger partial charge in [0.25, 0.3) is 0 Å². The number of nitrogens with zero attached hydrogens (tertiary/aromatic N) is 3. The lowest BCUT2D eigenvalue weighted by Crippen LogP contribution is -2.23. The molecule has 4 heteroatoms. The molecular formula is C17H24N4. The largest absolute Gasteiger partial charge is 0.367 e. The zero-order chi connectivity index (χ0) is 15.1. The van der Waals surface area contributed by atoms with E-state index < -0.39 is 0 Å². The highest BCUT2D eigenvalue weighted by Crippen LogP contribution is 2.19. The molecule has 0 aromatic carbocycles. The molecule has 0 aliphatic rings. The highest BCUT2D eigenvalue weighted by molar-refractivity contribution is 5.51. The Balaban J connectivity index is 2.04. The third kappa shape index (κ3) is 4.83. The Bertz CT molecular complexity index is 539. The smallest absolute Gasteiger partial charge is 0.0599 e. The zero-order valence-corrected chi connectivity index (χ0v) is 13.1. The molecule has 0 spiro atoms. The third-order valence-electron chi connectivity index (χ3n) is 3.29. The van der Waals surface area contributed by atoms with Crippen LogP contribution in [-0.2, 0) is 13.1 Å². The number of aromatic nitrogens is 2. The number of rotatable bonds is 7. The monoisotopic (exact) mass is 284 g/mol. The molecule has 21 heavy (non-hydrogen) atoms. The number of pyridine rings is 2. The summed E-state index contributed by atoms with van der Waals surface area (Å²) in [6.07, 6.45) is 5.61. The second kappa shape index (κ2) is 7.74. The van der Waals surface area contributed by atoms with E-state index in [2.05, 4.69) is 47.1 Å². The molecule has 0 unspecified atom stereocenters. The summed E-state index contributed by atoms with van der Waals surface area (Å²) in [6, 6.07) is 8.08. The van der Waals surface area contributed by atoms with E-state index in [1.807, 2.05) is 36.8 Å². The quantitative estimate of drug-likeness (QED) is 0.849. The van der Waals surface area contributed by atoms with Crippen molar-refractivity contribution >= 4 is 5.69 Å². The number of anilines is 1. The molecule has 0 aliphatic carbocycles. The Morgan fingerprint density at radius 2 is 2.05 bits per heavy atom. The van der Waals surface area contributed by atoms with Crippen LogP contribution in [0.3, 0.4) is 0 Å². The lowest BCUT2D eigenvalue weighted by atomic mass is 10.2. The van der Waals surface area contributed by atoms with Gasteiger partial charge in [-0.15, -0.1) is 0 Å². The van der Waals surface area contributed by atoms with Crippen LogP contribution in [0.2, 0.25) is 0 Å². The van der Waals surface area contributed by atoms with Crippen molar-refractivity contribution in [1.29, 1.82) is 0 Å². The minimum absolute atomic E-state index is 0.654. The molecule has 0 saturated heterocycles. The standard InChI is InChI=1S/C17H24N4/c1-14(2)10-19-11-15-7-9-18-12-17(15)21(3)13-16-6-4-5-8-20-16/h4-9,12,14,19H,10-11,13H2,1-3H3. The van der Waals surface area contributed by atoms with E-state index in [1.165, 1.54) is 5.56 Å². The molecule has 0 radical (unpaired) electrons. The van der Waals surface area contributed by atoms with Crippen LogP contribution in [0.15, 0.2) is 42.9 Å². The van der Waals surface area contributed by atoms with Crippen LogP contribution in [-0.4, -0.2) is 23.6 Å². The molecule has 0 atom stereocenters. The van der Waals surface area contributed by atoms with E-state index in [1.54, 1.807) is 0 Å². The normalized spacial score (nSPS) is 10.9. The predicted octanol–water partition coefficient (Wildman–Crippen LogP) is 2.86. The number of nitrogens with one attached hydrogen (secondary N) is 1. The highest BCUT2D eigenvalue weighted by Gasteiger charge is 2.08. The van der Waals surface area contributed by atoms with Gasteiger partial charge in [-0.3, -0.25) is 9.97 Å². The Kier molecular flexibility index (Phi) is 5.69. The fraction of sp³-hybridized carbons (Fsp3) is 0.412. The van der Waals surface area contributed by atoms with Crippen molar-refractivity contribution in [1.82, 2.24) is 15.3 Å². The van der Waals surface area contributed by atoms with Crippen molar-refractivity contribution < 1.29 is 0 Å². The first-order chi connectivity index (χ1) is 10.2. The summed E-state index contributed by atoms with van der Waals surface area (Å²) < 4.78 is 0. The Morgan fingerprint density at radius 3 is 2.76 bits per heavy atom. The fourth-order valence-electron chi connectivity index (χ4n) is 2.22. The van der Waals surface area contributed by atoms with Crippen LogP contribution < -0.4 is 10.2 Å².